The maximum atomic E-state index is 2.75. The monoisotopic (exact) mass is 332 g/mol. The van der Waals surface area contributed by atoms with Crippen molar-refractivity contribution in [2.45, 2.75) is 88.0 Å². The summed E-state index contributed by atoms with van der Waals surface area (Å²) in [5, 5.41) is 0. The molecule has 24 heavy (non-hydrogen) atoms. The van der Waals surface area contributed by atoms with Gasteiger partial charge in [0.25, 0.3) is 0 Å². The van der Waals surface area contributed by atoms with E-state index in [-0.39, 0.29) is 0 Å². The molecular formula is C24H44. The predicted molar refractivity (Wildman–Crippen MR) is 106 cm³/mol. The third-order valence-corrected chi connectivity index (χ3v) is 10.5. The van der Waals surface area contributed by atoms with Gasteiger partial charge in [0, 0.05) is 0 Å². The van der Waals surface area contributed by atoms with E-state index in [4.69, 9.17) is 0 Å². The van der Waals surface area contributed by atoms with Crippen LogP contribution in [0.15, 0.2) is 0 Å². The minimum atomic E-state index is 0.488. The zero-order valence-electron chi connectivity index (χ0n) is 18.0. The molecular weight excluding hydrogens is 288 g/mol. The first-order valence-corrected chi connectivity index (χ1v) is 11.0. The minimum absolute atomic E-state index is 0.488. The van der Waals surface area contributed by atoms with Gasteiger partial charge in [-0.15, -0.1) is 0 Å². The van der Waals surface area contributed by atoms with Crippen LogP contribution < -0.4 is 0 Å². The Morgan fingerprint density at radius 1 is 0.792 bits per heavy atom. The van der Waals surface area contributed by atoms with Gasteiger partial charge in [-0.2, -0.15) is 0 Å². The summed E-state index contributed by atoms with van der Waals surface area (Å²) in [5.41, 5.74) is 1.03. The molecule has 0 aromatic heterocycles. The molecule has 0 N–H and O–H groups in total. The Labute approximate surface area is 152 Å². The highest BCUT2D eigenvalue weighted by molar-refractivity contribution is 5.14. The second-order valence-electron chi connectivity index (χ2n) is 11.3. The molecule has 0 aliphatic heterocycles. The van der Waals surface area contributed by atoms with Crippen LogP contribution in [0.4, 0.5) is 0 Å². The average Bonchev–Trinajstić information content (AvgIpc) is 2.78. The van der Waals surface area contributed by atoms with Crippen molar-refractivity contribution >= 4 is 0 Å². The molecule has 3 saturated carbocycles. The Morgan fingerprint density at radius 3 is 2.00 bits per heavy atom. The zero-order valence-corrected chi connectivity index (χ0v) is 18.0. The lowest BCUT2D eigenvalue weighted by Gasteiger charge is -2.63. The molecule has 3 aliphatic rings. The van der Waals surface area contributed by atoms with Crippen LogP contribution in [-0.2, 0) is 0 Å². The maximum absolute atomic E-state index is 2.75. The Morgan fingerprint density at radius 2 is 1.42 bits per heavy atom. The third-order valence-electron chi connectivity index (χ3n) is 10.5. The van der Waals surface area contributed by atoms with Crippen LogP contribution in [0.25, 0.3) is 0 Å². The summed E-state index contributed by atoms with van der Waals surface area (Å²) in [6.45, 7) is 23.3. The summed E-state index contributed by atoms with van der Waals surface area (Å²) in [4.78, 5) is 0. The molecule has 3 rings (SSSR count). The van der Waals surface area contributed by atoms with Gasteiger partial charge in [-0.05, 0) is 89.8 Å². The van der Waals surface area contributed by atoms with Crippen LogP contribution in [-0.4, -0.2) is 0 Å². The van der Waals surface area contributed by atoms with Crippen molar-refractivity contribution in [1.29, 1.82) is 0 Å². The summed E-state index contributed by atoms with van der Waals surface area (Å²) in [6, 6.07) is 0. The van der Waals surface area contributed by atoms with Crippen molar-refractivity contribution in [3.8, 4) is 0 Å². The summed E-state index contributed by atoms with van der Waals surface area (Å²) in [6.07, 6.45) is 5.97. The lowest BCUT2D eigenvalue weighted by atomic mass is 9.42. The van der Waals surface area contributed by atoms with Gasteiger partial charge < -0.3 is 0 Å². The first kappa shape index (κ1) is 18.8. The van der Waals surface area contributed by atoms with E-state index in [1.165, 1.54) is 25.7 Å². The molecule has 10 unspecified atom stereocenters. The molecule has 3 aliphatic carbocycles. The summed E-state index contributed by atoms with van der Waals surface area (Å²) in [7, 11) is 0. The molecule has 140 valence electrons. The fourth-order valence-corrected chi connectivity index (χ4v) is 8.35. The smallest absolute Gasteiger partial charge is 0.0207 e. The zero-order chi connectivity index (χ0) is 18.0. The fourth-order valence-electron chi connectivity index (χ4n) is 8.35. The Kier molecular flexibility index (Phi) is 4.71. The van der Waals surface area contributed by atoms with Gasteiger partial charge in [0.05, 0.1) is 0 Å². The van der Waals surface area contributed by atoms with Gasteiger partial charge in [0.1, 0.15) is 0 Å². The molecule has 0 saturated heterocycles. The lowest BCUT2D eigenvalue weighted by Crippen LogP contribution is -2.57. The summed E-state index contributed by atoms with van der Waals surface area (Å²) < 4.78 is 0. The molecule has 0 radical (unpaired) electrons. The molecule has 0 aromatic rings. The van der Waals surface area contributed by atoms with Gasteiger partial charge in [-0.25, -0.2) is 0 Å². The van der Waals surface area contributed by atoms with E-state index < -0.39 is 0 Å². The molecule has 0 heteroatoms. The van der Waals surface area contributed by atoms with Gasteiger partial charge in [0.15, 0.2) is 0 Å². The fraction of sp³-hybridized carbons (Fsp3) is 1.00. The number of rotatable bonds is 1. The topological polar surface area (TPSA) is 0 Å². The lowest BCUT2D eigenvalue weighted by molar-refractivity contribution is -0.149. The molecule has 0 amide bonds. The molecule has 3 fully saturated rings. The van der Waals surface area contributed by atoms with Crippen molar-refractivity contribution in [3.63, 3.8) is 0 Å². The van der Waals surface area contributed by atoms with E-state index in [0.717, 1.165) is 53.3 Å². The second kappa shape index (κ2) is 6.02. The van der Waals surface area contributed by atoms with Crippen molar-refractivity contribution in [2.24, 2.45) is 64.1 Å². The molecule has 10 atom stereocenters. The summed E-state index contributed by atoms with van der Waals surface area (Å²) in [5.74, 6) is 8.16. The van der Waals surface area contributed by atoms with E-state index in [0.29, 0.717) is 10.8 Å². The molecule has 0 nitrogen and oxygen atoms in total. The predicted octanol–water partition coefficient (Wildman–Crippen LogP) is 7.29. The number of hydrogen-bond acceptors (Lipinski definition) is 0. The van der Waals surface area contributed by atoms with Crippen LogP contribution in [0.2, 0.25) is 0 Å². The van der Waals surface area contributed by atoms with Crippen LogP contribution in [0.1, 0.15) is 88.0 Å². The SMILES string of the molecule is CC1CC(C)C(C)C2CC(C1)C1(C)C2CC(C)C(C)C1(C)C(C)C. The van der Waals surface area contributed by atoms with Gasteiger partial charge in [-0.1, -0.05) is 62.3 Å². The van der Waals surface area contributed by atoms with E-state index in [1.54, 1.807) is 0 Å². The van der Waals surface area contributed by atoms with Gasteiger partial charge in [0.2, 0.25) is 0 Å². The number of fused-ring (bicyclic) bond motifs is 5. The highest BCUT2D eigenvalue weighted by atomic mass is 14.7. The van der Waals surface area contributed by atoms with E-state index in [9.17, 15) is 0 Å². The van der Waals surface area contributed by atoms with Crippen LogP contribution in [0.3, 0.4) is 0 Å². The van der Waals surface area contributed by atoms with Crippen molar-refractivity contribution < 1.29 is 0 Å². The van der Waals surface area contributed by atoms with Crippen molar-refractivity contribution in [3.05, 3.63) is 0 Å². The maximum Gasteiger partial charge on any atom is -0.0207 e. The summed E-state index contributed by atoms with van der Waals surface area (Å²) >= 11 is 0. The van der Waals surface area contributed by atoms with Crippen LogP contribution in [0.5, 0.6) is 0 Å². The highest BCUT2D eigenvalue weighted by Crippen LogP contribution is 2.72. The molecule has 2 bridgehead atoms. The van der Waals surface area contributed by atoms with Crippen LogP contribution >= 0.6 is 0 Å². The molecule has 0 spiro atoms. The van der Waals surface area contributed by atoms with E-state index >= 15 is 0 Å². The quantitative estimate of drug-likeness (QED) is 0.473. The first-order chi connectivity index (χ1) is 11.0. The highest BCUT2D eigenvalue weighted by Gasteiger charge is 2.66. The average molecular weight is 333 g/mol. The number of hydrogen-bond donors (Lipinski definition) is 0. The van der Waals surface area contributed by atoms with E-state index in [2.05, 4.69) is 62.3 Å². The molecule has 0 aromatic carbocycles. The van der Waals surface area contributed by atoms with Gasteiger partial charge >= 0.3 is 0 Å². The second-order valence-corrected chi connectivity index (χ2v) is 11.3. The molecule has 0 heterocycles. The van der Waals surface area contributed by atoms with Gasteiger partial charge in [-0.3, -0.25) is 0 Å². The van der Waals surface area contributed by atoms with Crippen LogP contribution in [0, 0.1) is 64.1 Å². The first-order valence-electron chi connectivity index (χ1n) is 11.0. The third kappa shape index (κ3) is 2.30. The Hall–Kier alpha value is 0. The largest absolute Gasteiger partial charge is 0.0625 e. The van der Waals surface area contributed by atoms with Crippen molar-refractivity contribution in [2.75, 3.05) is 0 Å². The minimum Gasteiger partial charge on any atom is -0.0625 e. The Bertz CT molecular complexity index is 465. The van der Waals surface area contributed by atoms with Crippen molar-refractivity contribution in [1.82, 2.24) is 0 Å². The Balaban J connectivity index is 2.12. The van der Waals surface area contributed by atoms with E-state index in [1.807, 2.05) is 0 Å². The standard InChI is InChI=1S/C24H44/c1-14(2)23(8)19(7)17(5)12-22-21-13-20(24(22,23)9)11-15(3)10-16(4)18(21)6/h14-22H,10-13H2,1-9H3. The normalized spacial score (nSPS) is 58.2.